The van der Waals surface area contributed by atoms with Crippen LogP contribution in [0.3, 0.4) is 0 Å². The second-order valence-corrected chi connectivity index (χ2v) is 2.63. The van der Waals surface area contributed by atoms with E-state index in [1.807, 2.05) is 0 Å². The third-order valence-electron chi connectivity index (χ3n) is 0.864. The Hall–Kier alpha value is -0.480. The number of furan rings is 1. The van der Waals surface area contributed by atoms with Crippen molar-refractivity contribution in [1.82, 2.24) is 0 Å². The Balaban J connectivity index is 2.95. The largest absolute Gasteiger partial charge is 0.447 e. The van der Waals surface area contributed by atoms with Gasteiger partial charge in [0.2, 0.25) is 5.17 Å². The van der Waals surface area contributed by atoms with Crippen LogP contribution in [0.5, 0.6) is 0 Å². The van der Waals surface area contributed by atoms with E-state index >= 15 is 0 Å². The van der Waals surface area contributed by atoms with Crippen LogP contribution in [0.25, 0.3) is 0 Å². The molecule has 0 unspecified atom stereocenters. The molecule has 0 aromatic carbocycles. The minimum absolute atomic E-state index is 0.0642. The van der Waals surface area contributed by atoms with E-state index in [-0.39, 0.29) is 5.17 Å². The second kappa shape index (κ2) is 3.07. The summed E-state index contributed by atoms with van der Waals surface area (Å²) in [5.41, 5.74) is 0. The van der Waals surface area contributed by atoms with Crippen molar-refractivity contribution in [3.63, 3.8) is 0 Å². The van der Waals surface area contributed by atoms with Crippen LogP contribution in [0.15, 0.2) is 26.4 Å². The minimum Gasteiger partial charge on any atom is -0.447 e. The smallest absolute Gasteiger partial charge is 0.210 e. The molecule has 1 N–H and O–H groups in total. The van der Waals surface area contributed by atoms with E-state index in [4.69, 9.17) is 21.2 Å². The van der Waals surface area contributed by atoms with Gasteiger partial charge in [-0.15, -0.1) is 0 Å². The molecular weight excluding hydrogens is 221 g/mol. The van der Waals surface area contributed by atoms with Crippen molar-refractivity contribution >= 4 is 32.7 Å². The molecular formula is C5H3BrClNO2. The molecule has 1 aromatic rings. The molecule has 0 amide bonds. The molecule has 0 aliphatic rings. The minimum atomic E-state index is -0.0642. The van der Waals surface area contributed by atoms with E-state index in [1.165, 1.54) is 0 Å². The van der Waals surface area contributed by atoms with Gasteiger partial charge in [-0.2, -0.15) is 0 Å². The molecule has 0 radical (unpaired) electrons. The summed E-state index contributed by atoms with van der Waals surface area (Å²) in [6.45, 7) is 0. The molecule has 54 valence electrons. The third kappa shape index (κ3) is 1.52. The Bertz CT molecular complexity index is 258. The molecule has 0 aliphatic carbocycles. The van der Waals surface area contributed by atoms with Gasteiger partial charge in [-0.05, 0) is 28.1 Å². The van der Waals surface area contributed by atoms with Crippen molar-refractivity contribution in [2.24, 2.45) is 5.16 Å². The Labute approximate surface area is 70.4 Å². The molecule has 10 heavy (non-hydrogen) atoms. The van der Waals surface area contributed by atoms with Crippen LogP contribution in [0.2, 0.25) is 0 Å². The number of rotatable bonds is 1. The quantitative estimate of drug-likeness (QED) is 0.452. The van der Waals surface area contributed by atoms with Crippen molar-refractivity contribution in [3.05, 3.63) is 22.6 Å². The first-order chi connectivity index (χ1) is 4.74. The molecule has 3 nitrogen and oxygen atoms in total. The van der Waals surface area contributed by atoms with Crippen LogP contribution in [-0.2, 0) is 0 Å². The van der Waals surface area contributed by atoms with Gasteiger partial charge < -0.3 is 9.62 Å². The number of hydrogen-bond donors (Lipinski definition) is 1. The summed E-state index contributed by atoms with van der Waals surface area (Å²) < 4.78 is 5.48. The zero-order valence-electron chi connectivity index (χ0n) is 4.71. The van der Waals surface area contributed by atoms with Crippen molar-refractivity contribution in [2.45, 2.75) is 0 Å². The maximum Gasteiger partial charge on any atom is 0.210 e. The van der Waals surface area contributed by atoms with Crippen molar-refractivity contribution < 1.29 is 9.62 Å². The Morgan fingerprint density at radius 1 is 1.70 bits per heavy atom. The molecule has 0 spiro atoms. The highest BCUT2D eigenvalue weighted by Crippen LogP contribution is 2.15. The van der Waals surface area contributed by atoms with Crippen LogP contribution in [-0.4, -0.2) is 10.4 Å². The highest BCUT2D eigenvalue weighted by atomic mass is 79.9. The topological polar surface area (TPSA) is 45.7 Å². The van der Waals surface area contributed by atoms with Crippen LogP contribution in [0.4, 0.5) is 0 Å². The molecule has 0 bridgehead atoms. The molecule has 0 atom stereocenters. The third-order valence-corrected chi connectivity index (χ3v) is 1.55. The second-order valence-electron chi connectivity index (χ2n) is 1.49. The van der Waals surface area contributed by atoms with Crippen molar-refractivity contribution in [2.75, 3.05) is 0 Å². The van der Waals surface area contributed by atoms with Gasteiger partial charge in [-0.1, -0.05) is 16.8 Å². The van der Waals surface area contributed by atoms with Crippen LogP contribution < -0.4 is 0 Å². The summed E-state index contributed by atoms with van der Waals surface area (Å²) in [4.78, 5) is 0. The summed E-state index contributed by atoms with van der Waals surface area (Å²) in [6.07, 6.45) is 0. The Kier molecular flexibility index (Phi) is 2.34. The normalized spacial score (nSPS) is 12.0. The summed E-state index contributed by atoms with van der Waals surface area (Å²) >= 11 is 8.46. The summed E-state index contributed by atoms with van der Waals surface area (Å²) in [5, 5.41) is 10.9. The molecule has 0 fully saturated rings. The molecule has 0 saturated heterocycles. The van der Waals surface area contributed by atoms with Crippen LogP contribution >= 0.6 is 27.5 Å². The van der Waals surface area contributed by atoms with Gasteiger partial charge in [0.1, 0.15) is 0 Å². The Morgan fingerprint density at radius 2 is 2.40 bits per heavy atom. The average Bonchev–Trinajstić information content (AvgIpc) is 2.34. The van der Waals surface area contributed by atoms with E-state index in [9.17, 15) is 0 Å². The fourth-order valence-electron chi connectivity index (χ4n) is 0.474. The number of nitrogens with zero attached hydrogens (tertiary/aromatic N) is 1. The Morgan fingerprint density at radius 3 is 2.80 bits per heavy atom. The highest BCUT2D eigenvalue weighted by molar-refractivity contribution is 9.10. The average molecular weight is 224 g/mol. The molecule has 5 heteroatoms. The first-order valence-electron chi connectivity index (χ1n) is 2.37. The van der Waals surface area contributed by atoms with E-state index in [0.29, 0.717) is 10.4 Å². The van der Waals surface area contributed by atoms with Gasteiger partial charge in [0.05, 0.1) is 0 Å². The van der Waals surface area contributed by atoms with Gasteiger partial charge in [-0.3, -0.25) is 0 Å². The van der Waals surface area contributed by atoms with Crippen molar-refractivity contribution in [3.8, 4) is 0 Å². The maximum atomic E-state index is 8.18. The summed E-state index contributed by atoms with van der Waals surface area (Å²) in [5.74, 6) is 0.330. The lowest BCUT2D eigenvalue weighted by atomic mass is 10.5. The predicted molar refractivity (Wildman–Crippen MR) is 40.6 cm³/mol. The van der Waals surface area contributed by atoms with Crippen LogP contribution in [0, 0.1) is 0 Å². The SMILES string of the molecule is O/N=C(/Cl)c1ccc(Br)o1. The number of hydrogen-bond acceptors (Lipinski definition) is 3. The molecule has 1 rings (SSSR count). The predicted octanol–water partition coefficient (Wildman–Crippen LogP) is 2.42. The number of halogens is 2. The highest BCUT2D eigenvalue weighted by Gasteiger charge is 2.04. The summed E-state index contributed by atoms with van der Waals surface area (Å²) in [6, 6.07) is 3.25. The summed E-state index contributed by atoms with van der Waals surface area (Å²) in [7, 11) is 0. The van der Waals surface area contributed by atoms with E-state index < -0.39 is 0 Å². The van der Waals surface area contributed by atoms with E-state index in [2.05, 4.69) is 21.1 Å². The molecule has 0 saturated carbocycles. The first-order valence-corrected chi connectivity index (χ1v) is 3.54. The van der Waals surface area contributed by atoms with Gasteiger partial charge in [-0.25, -0.2) is 0 Å². The monoisotopic (exact) mass is 223 g/mol. The van der Waals surface area contributed by atoms with Gasteiger partial charge in [0, 0.05) is 0 Å². The van der Waals surface area contributed by atoms with Crippen molar-refractivity contribution in [1.29, 1.82) is 0 Å². The lowest BCUT2D eigenvalue weighted by Gasteiger charge is -1.85. The zero-order chi connectivity index (χ0) is 7.56. The number of oxime groups is 1. The lowest BCUT2D eigenvalue weighted by Crippen LogP contribution is -1.85. The van der Waals surface area contributed by atoms with E-state index in [0.717, 1.165) is 0 Å². The van der Waals surface area contributed by atoms with Crippen LogP contribution in [0.1, 0.15) is 5.76 Å². The fourth-order valence-corrected chi connectivity index (χ4v) is 0.883. The standard InChI is InChI=1S/C5H3BrClNO2/c6-4-2-1-3(10-4)5(7)8-9/h1-2,9H/b8-5+. The van der Waals surface area contributed by atoms with Gasteiger partial charge in [0.25, 0.3) is 0 Å². The first kappa shape index (κ1) is 7.63. The lowest BCUT2D eigenvalue weighted by molar-refractivity contribution is 0.319. The molecule has 1 heterocycles. The zero-order valence-corrected chi connectivity index (χ0v) is 7.06. The van der Waals surface area contributed by atoms with E-state index in [1.54, 1.807) is 12.1 Å². The molecule has 1 aromatic heterocycles. The molecule has 0 aliphatic heterocycles. The fraction of sp³-hybridized carbons (Fsp3) is 0. The maximum absolute atomic E-state index is 8.18. The van der Waals surface area contributed by atoms with Gasteiger partial charge in [0.15, 0.2) is 10.4 Å². The van der Waals surface area contributed by atoms with Gasteiger partial charge >= 0.3 is 0 Å².